The van der Waals surface area contributed by atoms with E-state index in [1.807, 2.05) is 92.7 Å². The average Bonchev–Trinajstić information content (AvgIpc) is 3.33. The van der Waals surface area contributed by atoms with Gasteiger partial charge in [-0.2, -0.15) is 4.68 Å². The third-order valence-electron chi connectivity index (χ3n) is 4.84. The number of anilines is 1. The number of benzene rings is 3. The van der Waals surface area contributed by atoms with Crippen LogP contribution in [0.4, 0.5) is 5.69 Å². The van der Waals surface area contributed by atoms with E-state index in [2.05, 4.69) is 20.8 Å². The zero-order valence-electron chi connectivity index (χ0n) is 18.9. The van der Waals surface area contributed by atoms with Gasteiger partial charge in [0.25, 0.3) is 0 Å². The van der Waals surface area contributed by atoms with Crippen LogP contribution in [0.2, 0.25) is 0 Å². The van der Waals surface area contributed by atoms with Crippen molar-refractivity contribution in [1.82, 2.24) is 20.2 Å². The Kier molecular flexibility index (Phi) is 7.77. The molecule has 1 unspecified atom stereocenters. The highest BCUT2D eigenvalue weighted by Crippen LogP contribution is 2.37. The molecule has 1 heterocycles. The van der Waals surface area contributed by atoms with Gasteiger partial charge in [0, 0.05) is 0 Å². The fourth-order valence-electron chi connectivity index (χ4n) is 3.37. The molecule has 0 aliphatic carbocycles. The molecule has 174 valence electrons. The highest BCUT2D eigenvalue weighted by atomic mass is 32.2. The zero-order valence-corrected chi connectivity index (χ0v) is 19.7. The van der Waals surface area contributed by atoms with Gasteiger partial charge in [-0.05, 0) is 54.1 Å². The van der Waals surface area contributed by atoms with Gasteiger partial charge < -0.3 is 14.8 Å². The van der Waals surface area contributed by atoms with Gasteiger partial charge in [0.2, 0.25) is 11.1 Å². The van der Waals surface area contributed by atoms with E-state index >= 15 is 0 Å². The highest BCUT2D eigenvalue weighted by molar-refractivity contribution is 8.00. The Bertz CT molecular complexity index is 1230. The molecule has 9 heteroatoms. The molecule has 4 rings (SSSR count). The van der Waals surface area contributed by atoms with E-state index in [1.165, 1.54) is 11.8 Å². The van der Waals surface area contributed by atoms with E-state index in [-0.39, 0.29) is 5.91 Å². The molecule has 1 atom stereocenters. The predicted octanol–water partition coefficient (Wildman–Crippen LogP) is 4.93. The molecule has 1 aromatic heterocycles. The minimum Gasteiger partial charge on any atom is -0.492 e. The first kappa shape index (κ1) is 23.3. The fraction of sp³-hybridized carbons (Fsp3) is 0.200. The number of aromatic nitrogens is 4. The fourth-order valence-corrected chi connectivity index (χ4v) is 4.36. The number of carbonyl (C=O) groups is 1. The van der Waals surface area contributed by atoms with E-state index in [0.717, 1.165) is 5.56 Å². The summed E-state index contributed by atoms with van der Waals surface area (Å²) in [6.45, 7) is 4.83. The summed E-state index contributed by atoms with van der Waals surface area (Å²) in [6.07, 6.45) is 0. The summed E-state index contributed by atoms with van der Waals surface area (Å²) in [4.78, 5) is 13.5. The van der Waals surface area contributed by atoms with Crippen LogP contribution in [0.1, 0.15) is 24.7 Å². The van der Waals surface area contributed by atoms with E-state index in [4.69, 9.17) is 9.47 Å². The number of ether oxygens (including phenoxy) is 2. The van der Waals surface area contributed by atoms with Crippen molar-refractivity contribution in [3.8, 4) is 17.2 Å². The zero-order chi connectivity index (χ0) is 23.8. The van der Waals surface area contributed by atoms with Crippen LogP contribution in [-0.4, -0.2) is 39.3 Å². The molecule has 4 aromatic rings. The maximum atomic E-state index is 13.5. The molecule has 1 N–H and O–H groups in total. The number of carbonyl (C=O) groups excluding carboxylic acids is 1. The molecule has 0 radical (unpaired) electrons. The van der Waals surface area contributed by atoms with Crippen LogP contribution < -0.4 is 14.8 Å². The molecule has 0 fully saturated rings. The molecule has 8 nitrogen and oxygen atoms in total. The second-order valence-electron chi connectivity index (χ2n) is 7.10. The lowest BCUT2D eigenvalue weighted by molar-refractivity contribution is -0.115. The minimum atomic E-state index is -0.611. The van der Waals surface area contributed by atoms with Crippen LogP contribution in [0.3, 0.4) is 0 Å². The summed E-state index contributed by atoms with van der Waals surface area (Å²) in [5.74, 6) is 1.06. The quantitative estimate of drug-likeness (QED) is 0.325. The molecule has 0 saturated carbocycles. The van der Waals surface area contributed by atoms with E-state index < -0.39 is 5.25 Å². The summed E-state index contributed by atoms with van der Waals surface area (Å²) < 4.78 is 13.0. The van der Waals surface area contributed by atoms with Crippen molar-refractivity contribution >= 4 is 23.4 Å². The topological polar surface area (TPSA) is 91.2 Å². The number of hydrogen-bond acceptors (Lipinski definition) is 7. The summed E-state index contributed by atoms with van der Waals surface area (Å²) in [5.41, 5.74) is 2.13. The van der Waals surface area contributed by atoms with Crippen molar-refractivity contribution in [1.29, 1.82) is 0 Å². The van der Waals surface area contributed by atoms with Crippen LogP contribution in [0.5, 0.6) is 11.5 Å². The first-order valence-corrected chi connectivity index (χ1v) is 11.8. The van der Waals surface area contributed by atoms with Crippen molar-refractivity contribution in [3.63, 3.8) is 0 Å². The van der Waals surface area contributed by atoms with Crippen LogP contribution in [0.25, 0.3) is 5.69 Å². The third-order valence-corrected chi connectivity index (χ3v) is 6.03. The number of nitrogens with one attached hydrogen (secondary N) is 1. The molecule has 0 bridgehead atoms. The third kappa shape index (κ3) is 5.37. The minimum absolute atomic E-state index is 0.212. The van der Waals surface area contributed by atoms with Gasteiger partial charge in [-0.3, -0.25) is 4.79 Å². The van der Waals surface area contributed by atoms with Crippen LogP contribution in [0, 0.1) is 0 Å². The molecule has 0 aliphatic rings. The Morgan fingerprint density at radius 2 is 1.56 bits per heavy atom. The Morgan fingerprint density at radius 3 is 2.32 bits per heavy atom. The SMILES string of the molecule is CCOc1ccccc1NC(=O)C(Sc1nnnn1-c1ccccc1OCC)c1ccccc1. The van der Waals surface area contributed by atoms with Crippen molar-refractivity contribution in [2.75, 3.05) is 18.5 Å². The maximum absolute atomic E-state index is 13.5. The lowest BCUT2D eigenvalue weighted by Crippen LogP contribution is -2.20. The van der Waals surface area contributed by atoms with Gasteiger partial charge in [0.1, 0.15) is 22.4 Å². The average molecular weight is 476 g/mol. The normalized spacial score (nSPS) is 11.6. The number of thioether (sulfide) groups is 1. The van der Waals surface area contributed by atoms with Crippen molar-refractivity contribution in [2.45, 2.75) is 24.3 Å². The smallest absolute Gasteiger partial charge is 0.242 e. The summed E-state index contributed by atoms with van der Waals surface area (Å²) >= 11 is 1.26. The molecule has 0 saturated heterocycles. The molecule has 3 aromatic carbocycles. The molecular formula is C25H25N5O3S. The van der Waals surface area contributed by atoms with Crippen molar-refractivity contribution < 1.29 is 14.3 Å². The lowest BCUT2D eigenvalue weighted by Gasteiger charge is -2.18. The first-order valence-electron chi connectivity index (χ1n) is 11.0. The number of rotatable bonds is 10. The summed E-state index contributed by atoms with van der Waals surface area (Å²) in [7, 11) is 0. The Morgan fingerprint density at radius 1 is 0.912 bits per heavy atom. The van der Waals surface area contributed by atoms with E-state index in [0.29, 0.717) is 41.2 Å². The molecule has 0 spiro atoms. The summed E-state index contributed by atoms with van der Waals surface area (Å²) in [6, 6.07) is 24.4. The highest BCUT2D eigenvalue weighted by Gasteiger charge is 2.26. The Hall–Kier alpha value is -3.85. The van der Waals surface area contributed by atoms with E-state index in [1.54, 1.807) is 4.68 Å². The van der Waals surface area contributed by atoms with Gasteiger partial charge in [-0.1, -0.05) is 66.4 Å². The van der Waals surface area contributed by atoms with E-state index in [9.17, 15) is 4.79 Å². The standard InChI is InChI=1S/C25H25N5O3S/c1-3-32-21-16-10-8-14-19(21)26-24(31)23(18-12-6-5-7-13-18)34-25-27-28-29-30(25)20-15-9-11-17-22(20)33-4-2/h5-17,23H,3-4H2,1-2H3,(H,26,31). The van der Waals surface area contributed by atoms with Crippen LogP contribution >= 0.6 is 11.8 Å². The Balaban J connectivity index is 1.66. The lowest BCUT2D eigenvalue weighted by atomic mass is 10.1. The van der Waals surface area contributed by atoms with Gasteiger partial charge in [0.15, 0.2) is 0 Å². The molecular weight excluding hydrogens is 450 g/mol. The second-order valence-corrected chi connectivity index (χ2v) is 8.17. The largest absolute Gasteiger partial charge is 0.492 e. The monoisotopic (exact) mass is 475 g/mol. The number of amides is 1. The van der Waals surface area contributed by atoms with Crippen molar-refractivity contribution in [3.05, 3.63) is 84.4 Å². The number of tetrazole rings is 1. The summed E-state index contributed by atoms with van der Waals surface area (Å²) in [5, 5.41) is 15.1. The number of hydrogen-bond donors (Lipinski definition) is 1. The molecule has 1 amide bonds. The second kappa shape index (κ2) is 11.3. The molecule has 34 heavy (non-hydrogen) atoms. The van der Waals surface area contributed by atoms with Crippen molar-refractivity contribution in [2.24, 2.45) is 0 Å². The number of nitrogens with zero attached hydrogens (tertiary/aromatic N) is 4. The van der Waals surface area contributed by atoms with Gasteiger partial charge >= 0.3 is 0 Å². The maximum Gasteiger partial charge on any atom is 0.242 e. The van der Waals surface area contributed by atoms with Gasteiger partial charge in [0.05, 0.1) is 18.9 Å². The molecule has 0 aliphatic heterocycles. The van der Waals surface area contributed by atoms with Crippen LogP contribution in [-0.2, 0) is 4.79 Å². The predicted molar refractivity (Wildman–Crippen MR) is 132 cm³/mol. The number of para-hydroxylation sites is 4. The first-order chi connectivity index (χ1) is 16.7. The Labute approximate surface area is 202 Å². The van der Waals surface area contributed by atoms with Gasteiger partial charge in [-0.15, -0.1) is 5.10 Å². The van der Waals surface area contributed by atoms with Crippen LogP contribution in [0.15, 0.2) is 84.0 Å². The van der Waals surface area contributed by atoms with Gasteiger partial charge in [-0.25, -0.2) is 0 Å².